The molecule has 0 unspecified atom stereocenters. The van der Waals surface area contributed by atoms with Crippen molar-refractivity contribution >= 4 is 44.4 Å². The number of hydrogen-bond acceptors (Lipinski definition) is 7. The first-order valence-corrected chi connectivity index (χ1v) is 9.25. The molecule has 0 aliphatic heterocycles. The molecule has 0 fully saturated rings. The van der Waals surface area contributed by atoms with Gasteiger partial charge in [-0.2, -0.15) is 0 Å². The topological polar surface area (TPSA) is 80.9 Å². The van der Waals surface area contributed by atoms with E-state index >= 15 is 0 Å². The standard InChI is InChI=1S/C17H12N4O2S2/c22-14(19-16-18-12-8-4-5-9-13(12)25-16)10-24-17-21-20-15(23-17)11-6-2-1-3-7-11/h1-9H,10H2,(H,18,19,22). The molecular formula is C17H12N4O2S2. The number of benzene rings is 2. The van der Waals surface area contributed by atoms with Gasteiger partial charge in [-0.05, 0) is 24.3 Å². The van der Waals surface area contributed by atoms with Crippen LogP contribution in [0, 0.1) is 0 Å². The third kappa shape index (κ3) is 3.70. The molecule has 0 aliphatic rings. The first-order chi connectivity index (χ1) is 12.3. The van der Waals surface area contributed by atoms with Crippen LogP contribution in [0.25, 0.3) is 21.7 Å². The van der Waals surface area contributed by atoms with Crippen LogP contribution in [0.5, 0.6) is 0 Å². The maximum atomic E-state index is 12.1. The van der Waals surface area contributed by atoms with Crippen LogP contribution in [0.3, 0.4) is 0 Å². The molecule has 0 saturated heterocycles. The quantitative estimate of drug-likeness (QED) is 0.535. The van der Waals surface area contributed by atoms with Crippen molar-refractivity contribution in [2.45, 2.75) is 5.22 Å². The molecule has 6 nitrogen and oxygen atoms in total. The Morgan fingerprint density at radius 3 is 2.72 bits per heavy atom. The number of carbonyl (C=O) groups is 1. The summed E-state index contributed by atoms with van der Waals surface area (Å²) in [5.41, 5.74) is 1.72. The lowest BCUT2D eigenvalue weighted by molar-refractivity contribution is -0.113. The molecule has 2 aromatic carbocycles. The van der Waals surface area contributed by atoms with Gasteiger partial charge >= 0.3 is 0 Å². The van der Waals surface area contributed by atoms with Crippen LogP contribution in [-0.4, -0.2) is 26.8 Å². The van der Waals surface area contributed by atoms with Gasteiger partial charge in [-0.1, -0.05) is 53.4 Å². The maximum Gasteiger partial charge on any atom is 0.277 e. The van der Waals surface area contributed by atoms with Crippen LogP contribution in [0.2, 0.25) is 0 Å². The summed E-state index contributed by atoms with van der Waals surface area (Å²) < 4.78 is 6.60. The minimum absolute atomic E-state index is 0.163. The number of hydrogen-bond donors (Lipinski definition) is 1. The van der Waals surface area contributed by atoms with E-state index in [-0.39, 0.29) is 11.7 Å². The molecule has 2 aromatic heterocycles. The summed E-state index contributed by atoms with van der Waals surface area (Å²) >= 11 is 2.64. The minimum atomic E-state index is -0.163. The highest BCUT2D eigenvalue weighted by Gasteiger charge is 2.12. The second kappa shape index (κ2) is 7.04. The van der Waals surface area contributed by atoms with Gasteiger partial charge in [0.15, 0.2) is 5.13 Å². The second-order valence-electron chi connectivity index (χ2n) is 5.06. The van der Waals surface area contributed by atoms with E-state index in [4.69, 9.17) is 4.42 Å². The zero-order valence-electron chi connectivity index (χ0n) is 12.9. The van der Waals surface area contributed by atoms with Crippen LogP contribution in [0.4, 0.5) is 5.13 Å². The normalized spacial score (nSPS) is 10.9. The average Bonchev–Trinajstić information content (AvgIpc) is 3.27. The van der Waals surface area contributed by atoms with E-state index in [0.717, 1.165) is 15.8 Å². The van der Waals surface area contributed by atoms with Gasteiger partial charge in [-0.15, -0.1) is 10.2 Å². The summed E-state index contributed by atoms with van der Waals surface area (Å²) in [5.74, 6) is 0.449. The van der Waals surface area contributed by atoms with Gasteiger partial charge in [0, 0.05) is 5.56 Å². The Morgan fingerprint density at radius 1 is 1.08 bits per heavy atom. The molecule has 1 N–H and O–H groups in total. The van der Waals surface area contributed by atoms with Crippen molar-refractivity contribution < 1.29 is 9.21 Å². The summed E-state index contributed by atoms with van der Waals surface area (Å²) in [7, 11) is 0. The Bertz CT molecular complexity index is 981. The molecule has 0 saturated carbocycles. The molecule has 0 aliphatic carbocycles. The summed E-state index contributed by atoms with van der Waals surface area (Å²) in [5, 5.41) is 11.7. The summed E-state index contributed by atoms with van der Waals surface area (Å²) in [6.07, 6.45) is 0. The van der Waals surface area contributed by atoms with Gasteiger partial charge in [0.2, 0.25) is 11.8 Å². The summed E-state index contributed by atoms with van der Waals surface area (Å²) in [6.45, 7) is 0. The highest BCUT2D eigenvalue weighted by Crippen LogP contribution is 2.26. The molecule has 8 heteroatoms. The maximum absolute atomic E-state index is 12.1. The van der Waals surface area contributed by atoms with Crippen LogP contribution in [0.15, 0.2) is 64.2 Å². The minimum Gasteiger partial charge on any atom is -0.411 e. The van der Waals surface area contributed by atoms with E-state index in [2.05, 4.69) is 20.5 Å². The van der Waals surface area contributed by atoms with Crippen molar-refractivity contribution in [1.82, 2.24) is 15.2 Å². The van der Waals surface area contributed by atoms with Crippen LogP contribution in [0.1, 0.15) is 0 Å². The molecule has 4 rings (SSSR count). The predicted molar refractivity (Wildman–Crippen MR) is 98.7 cm³/mol. The Balaban J connectivity index is 1.36. The van der Waals surface area contributed by atoms with Crippen LogP contribution >= 0.6 is 23.1 Å². The molecule has 0 atom stereocenters. The smallest absolute Gasteiger partial charge is 0.277 e. The predicted octanol–water partition coefficient (Wildman–Crippen LogP) is 4.08. The largest absolute Gasteiger partial charge is 0.411 e. The molecular weight excluding hydrogens is 356 g/mol. The zero-order valence-corrected chi connectivity index (χ0v) is 14.5. The van der Waals surface area contributed by atoms with Gasteiger partial charge in [-0.3, -0.25) is 4.79 Å². The first-order valence-electron chi connectivity index (χ1n) is 7.45. The third-order valence-electron chi connectivity index (χ3n) is 3.29. The molecule has 25 heavy (non-hydrogen) atoms. The Morgan fingerprint density at radius 2 is 1.88 bits per heavy atom. The summed E-state index contributed by atoms with van der Waals surface area (Å²) in [6, 6.07) is 17.3. The van der Waals surface area contributed by atoms with E-state index in [1.54, 1.807) is 0 Å². The number of nitrogens with one attached hydrogen (secondary N) is 1. The van der Waals surface area contributed by atoms with Crippen molar-refractivity contribution in [3.63, 3.8) is 0 Å². The third-order valence-corrected chi connectivity index (χ3v) is 5.06. The fourth-order valence-corrected chi connectivity index (χ4v) is 3.62. The molecule has 0 radical (unpaired) electrons. The highest BCUT2D eigenvalue weighted by molar-refractivity contribution is 7.99. The average molecular weight is 368 g/mol. The van der Waals surface area contributed by atoms with Crippen molar-refractivity contribution in [1.29, 1.82) is 0 Å². The van der Waals surface area contributed by atoms with E-state index in [1.807, 2.05) is 54.6 Å². The number of fused-ring (bicyclic) bond motifs is 1. The van der Waals surface area contributed by atoms with Gasteiger partial charge in [0.25, 0.3) is 5.22 Å². The number of carbonyl (C=O) groups excluding carboxylic acids is 1. The lowest BCUT2D eigenvalue weighted by Gasteiger charge is -1.98. The molecule has 0 bridgehead atoms. The van der Waals surface area contributed by atoms with Gasteiger partial charge < -0.3 is 9.73 Å². The van der Waals surface area contributed by atoms with Crippen molar-refractivity contribution in [2.75, 3.05) is 11.1 Å². The zero-order chi connectivity index (χ0) is 17.1. The Kier molecular flexibility index (Phi) is 4.45. The lowest BCUT2D eigenvalue weighted by atomic mass is 10.2. The number of thioether (sulfide) groups is 1. The number of nitrogens with zero attached hydrogens (tertiary/aromatic N) is 3. The van der Waals surface area contributed by atoms with Gasteiger partial charge in [0.1, 0.15) is 0 Å². The first kappa shape index (κ1) is 15.8. The number of para-hydroxylation sites is 1. The van der Waals surface area contributed by atoms with E-state index < -0.39 is 0 Å². The van der Waals surface area contributed by atoms with Crippen molar-refractivity contribution in [3.05, 3.63) is 54.6 Å². The number of thiazole rings is 1. The molecule has 0 spiro atoms. The summed E-state index contributed by atoms with van der Waals surface area (Å²) in [4.78, 5) is 16.5. The fourth-order valence-electron chi connectivity index (χ4n) is 2.17. The fraction of sp³-hybridized carbons (Fsp3) is 0.0588. The molecule has 124 valence electrons. The van der Waals surface area contributed by atoms with E-state index in [1.165, 1.54) is 23.1 Å². The van der Waals surface area contributed by atoms with Gasteiger partial charge in [0.05, 0.1) is 16.0 Å². The molecule has 2 heterocycles. The highest BCUT2D eigenvalue weighted by atomic mass is 32.2. The SMILES string of the molecule is O=C(CSc1nnc(-c2ccccc2)o1)Nc1nc2ccccc2s1. The number of aromatic nitrogens is 3. The number of amides is 1. The van der Waals surface area contributed by atoms with E-state index in [0.29, 0.717) is 16.2 Å². The van der Waals surface area contributed by atoms with Crippen molar-refractivity contribution in [2.24, 2.45) is 0 Å². The number of anilines is 1. The molecule has 4 aromatic rings. The number of rotatable bonds is 5. The Hall–Kier alpha value is -2.71. The van der Waals surface area contributed by atoms with Gasteiger partial charge in [-0.25, -0.2) is 4.98 Å². The Labute approximate surface area is 151 Å². The molecule has 1 amide bonds. The lowest BCUT2D eigenvalue weighted by Crippen LogP contribution is -2.13. The van der Waals surface area contributed by atoms with Crippen LogP contribution < -0.4 is 5.32 Å². The van der Waals surface area contributed by atoms with E-state index in [9.17, 15) is 4.79 Å². The second-order valence-corrected chi connectivity index (χ2v) is 7.02. The van der Waals surface area contributed by atoms with Crippen LogP contribution in [-0.2, 0) is 4.79 Å². The van der Waals surface area contributed by atoms with Crippen molar-refractivity contribution in [3.8, 4) is 11.5 Å². The monoisotopic (exact) mass is 368 g/mol.